The molecule has 21 heavy (non-hydrogen) atoms. The average Bonchev–Trinajstić information content (AvgIpc) is 2.78. The van der Waals surface area contributed by atoms with Crippen molar-refractivity contribution in [1.29, 1.82) is 0 Å². The second-order valence-corrected chi connectivity index (χ2v) is 5.94. The number of aliphatic carboxylic acids is 1. The quantitative estimate of drug-likeness (QED) is 0.811. The number of hydrogen-bond acceptors (Lipinski definition) is 4. The lowest BCUT2D eigenvalue weighted by molar-refractivity contribution is -0.145. The van der Waals surface area contributed by atoms with Gasteiger partial charge >= 0.3 is 5.97 Å². The van der Waals surface area contributed by atoms with Crippen LogP contribution in [0, 0.1) is 0 Å². The lowest BCUT2D eigenvalue weighted by Crippen LogP contribution is -2.48. The molecule has 1 saturated heterocycles. The molecule has 0 aromatic heterocycles. The molecule has 0 unspecified atom stereocenters. The zero-order valence-electron chi connectivity index (χ0n) is 10.9. The fourth-order valence-electron chi connectivity index (χ4n) is 2.30. The zero-order valence-corrected chi connectivity index (χ0v) is 11.7. The predicted molar refractivity (Wildman–Crippen MR) is 76.3 cm³/mol. The van der Waals surface area contributed by atoms with Crippen molar-refractivity contribution >= 4 is 29.5 Å². The molecule has 0 radical (unpaired) electrons. The second-order valence-electron chi connectivity index (χ2n) is 4.67. The van der Waals surface area contributed by atoms with Gasteiger partial charge in [0.2, 0.25) is 5.91 Å². The number of β-lactam (4-membered cyclic amide) rings is 1. The number of thioether (sulfide) groups is 1. The maximum absolute atomic E-state index is 11.9. The van der Waals surface area contributed by atoms with E-state index in [9.17, 15) is 19.5 Å². The number of amides is 2. The molecule has 2 N–H and O–H groups in total. The molecule has 0 aliphatic carbocycles. The minimum absolute atomic E-state index is 0.00499. The normalized spacial score (nSPS) is 20.1. The van der Waals surface area contributed by atoms with Crippen molar-refractivity contribution in [3.8, 4) is 0 Å². The highest BCUT2D eigenvalue weighted by atomic mass is 32.2. The molecule has 1 atom stereocenters. The molecule has 2 aliphatic rings. The molecule has 3 rings (SSSR count). The Morgan fingerprint density at radius 1 is 1.33 bits per heavy atom. The van der Waals surface area contributed by atoms with E-state index in [2.05, 4.69) is 5.32 Å². The van der Waals surface area contributed by atoms with Gasteiger partial charge in [0, 0.05) is 10.5 Å². The molecule has 6 nitrogen and oxygen atoms in total. The molecule has 0 bridgehead atoms. The Kier molecular flexibility index (Phi) is 3.42. The maximum atomic E-state index is 11.9. The number of fused-ring (bicyclic) bond motifs is 1. The highest BCUT2D eigenvalue weighted by Gasteiger charge is 2.48. The number of benzene rings is 1. The van der Waals surface area contributed by atoms with E-state index in [0.717, 1.165) is 0 Å². The summed E-state index contributed by atoms with van der Waals surface area (Å²) in [5, 5.41) is 11.8. The van der Waals surface area contributed by atoms with Gasteiger partial charge in [-0.25, -0.2) is 4.79 Å². The maximum Gasteiger partial charge on any atom is 0.353 e. The van der Waals surface area contributed by atoms with Gasteiger partial charge in [0.15, 0.2) is 0 Å². The Bertz CT molecular complexity index is 656. The van der Waals surface area contributed by atoms with E-state index in [1.165, 1.54) is 16.7 Å². The third kappa shape index (κ3) is 2.40. The first kappa shape index (κ1) is 13.7. The average molecular weight is 304 g/mol. The summed E-state index contributed by atoms with van der Waals surface area (Å²) < 4.78 is 0. The van der Waals surface area contributed by atoms with Gasteiger partial charge in [-0.2, -0.15) is 0 Å². The van der Waals surface area contributed by atoms with Gasteiger partial charge in [-0.15, -0.1) is 11.8 Å². The van der Waals surface area contributed by atoms with E-state index in [4.69, 9.17) is 0 Å². The molecule has 0 spiro atoms. The van der Waals surface area contributed by atoms with Gasteiger partial charge in [-0.1, -0.05) is 18.2 Å². The number of carbonyl (C=O) groups excluding carboxylic acids is 2. The Hall–Kier alpha value is -2.28. The van der Waals surface area contributed by atoms with Gasteiger partial charge in [0.05, 0.1) is 18.3 Å². The van der Waals surface area contributed by atoms with Crippen molar-refractivity contribution in [3.63, 3.8) is 0 Å². The number of rotatable bonds is 4. The van der Waals surface area contributed by atoms with E-state index < -0.39 is 5.97 Å². The first-order valence-electron chi connectivity index (χ1n) is 6.36. The monoisotopic (exact) mass is 304 g/mol. The minimum Gasteiger partial charge on any atom is -0.477 e. The second kappa shape index (κ2) is 5.25. The highest BCUT2D eigenvalue weighted by Crippen LogP contribution is 2.45. The lowest BCUT2D eigenvalue weighted by atomic mass is 10.1. The van der Waals surface area contributed by atoms with E-state index in [1.54, 1.807) is 24.3 Å². The van der Waals surface area contributed by atoms with Crippen molar-refractivity contribution in [2.45, 2.75) is 11.8 Å². The smallest absolute Gasteiger partial charge is 0.353 e. The van der Waals surface area contributed by atoms with Gasteiger partial charge in [-0.3, -0.25) is 14.5 Å². The first-order valence-corrected chi connectivity index (χ1v) is 7.24. The van der Waals surface area contributed by atoms with Crippen LogP contribution in [0.4, 0.5) is 0 Å². The molecule has 7 heteroatoms. The standard InChI is InChI=1S/C14H12N2O4S/c17-10-6-11-16(10)12(14(19)20)9(21-11)7-15-13(18)8-4-2-1-3-5-8/h1-5,11H,6-7H2,(H,15,18)(H,19,20)/t11-/m0/s1. The van der Waals surface area contributed by atoms with E-state index in [0.29, 0.717) is 16.9 Å². The Morgan fingerprint density at radius 3 is 2.67 bits per heavy atom. The van der Waals surface area contributed by atoms with Crippen LogP contribution in [0.5, 0.6) is 0 Å². The summed E-state index contributed by atoms with van der Waals surface area (Å²) in [4.78, 5) is 36.5. The summed E-state index contributed by atoms with van der Waals surface area (Å²) in [6, 6.07) is 8.68. The molecule has 0 saturated carbocycles. The number of carboxylic acids is 1. The molecule has 1 fully saturated rings. The van der Waals surface area contributed by atoms with Crippen molar-refractivity contribution in [2.75, 3.05) is 6.54 Å². The van der Waals surface area contributed by atoms with Crippen molar-refractivity contribution < 1.29 is 19.5 Å². The van der Waals surface area contributed by atoms with Crippen LogP contribution >= 0.6 is 11.8 Å². The molecule has 2 aliphatic heterocycles. The number of nitrogens with zero attached hydrogens (tertiary/aromatic N) is 1. The summed E-state index contributed by atoms with van der Waals surface area (Å²) in [5.41, 5.74) is 0.506. The Morgan fingerprint density at radius 2 is 2.05 bits per heavy atom. The number of carbonyl (C=O) groups is 3. The predicted octanol–water partition coefficient (Wildman–Crippen LogP) is 1.02. The van der Waals surface area contributed by atoms with Crippen LogP contribution in [-0.2, 0) is 9.59 Å². The van der Waals surface area contributed by atoms with Gasteiger partial charge < -0.3 is 10.4 Å². The van der Waals surface area contributed by atoms with E-state index in [1.807, 2.05) is 6.07 Å². The summed E-state index contributed by atoms with van der Waals surface area (Å²) in [5.74, 6) is -1.59. The Labute approximate surface area is 124 Å². The molecular formula is C14H12N2O4S. The van der Waals surface area contributed by atoms with Crippen molar-refractivity contribution in [3.05, 3.63) is 46.5 Å². The third-order valence-corrected chi connectivity index (χ3v) is 4.61. The first-order chi connectivity index (χ1) is 10.1. The largest absolute Gasteiger partial charge is 0.477 e. The lowest BCUT2D eigenvalue weighted by Gasteiger charge is -2.33. The van der Waals surface area contributed by atoms with Crippen LogP contribution in [0.1, 0.15) is 16.8 Å². The van der Waals surface area contributed by atoms with Crippen LogP contribution in [0.3, 0.4) is 0 Å². The molecule has 108 valence electrons. The van der Waals surface area contributed by atoms with E-state index >= 15 is 0 Å². The molecule has 1 aromatic rings. The summed E-state index contributed by atoms with van der Waals surface area (Å²) in [6.07, 6.45) is 0.345. The minimum atomic E-state index is -1.14. The van der Waals surface area contributed by atoms with Crippen LogP contribution < -0.4 is 5.32 Å². The molecule has 1 aromatic carbocycles. The van der Waals surface area contributed by atoms with Crippen molar-refractivity contribution in [1.82, 2.24) is 10.2 Å². The SMILES string of the molecule is O=C(O)C1=C(CNC(=O)c2ccccc2)S[C@H]2CC(=O)N12. The summed E-state index contributed by atoms with van der Waals surface area (Å²) in [6.45, 7) is 0.111. The highest BCUT2D eigenvalue weighted by molar-refractivity contribution is 8.04. The van der Waals surface area contributed by atoms with Crippen LogP contribution in [0.15, 0.2) is 40.9 Å². The summed E-state index contributed by atoms with van der Waals surface area (Å²) >= 11 is 1.33. The van der Waals surface area contributed by atoms with Gasteiger partial charge in [0.1, 0.15) is 5.70 Å². The number of carboxylic acid groups (broad SMARTS) is 1. The van der Waals surface area contributed by atoms with Crippen molar-refractivity contribution in [2.24, 2.45) is 0 Å². The molecule has 2 heterocycles. The topological polar surface area (TPSA) is 86.7 Å². The summed E-state index contributed by atoms with van der Waals surface area (Å²) in [7, 11) is 0. The Balaban J connectivity index is 1.72. The number of nitrogens with one attached hydrogen (secondary N) is 1. The third-order valence-electron chi connectivity index (χ3n) is 3.34. The molecule has 2 amide bonds. The van der Waals surface area contributed by atoms with Crippen LogP contribution in [-0.4, -0.2) is 39.7 Å². The fourth-order valence-corrected chi connectivity index (χ4v) is 3.64. The fraction of sp³-hybridized carbons (Fsp3) is 0.214. The van der Waals surface area contributed by atoms with Gasteiger partial charge in [0.25, 0.3) is 5.91 Å². The van der Waals surface area contributed by atoms with Crippen LogP contribution in [0.25, 0.3) is 0 Å². The zero-order chi connectivity index (χ0) is 15.0. The van der Waals surface area contributed by atoms with Gasteiger partial charge in [-0.05, 0) is 12.1 Å². The molecular weight excluding hydrogens is 292 g/mol. The van der Waals surface area contributed by atoms with Crippen LogP contribution in [0.2, 0.25) is 0 Å². The number of hydrogen-bond donors (Lipinski definition) is 2. The van der Waals surface area contributed by atoms with E-state index in [-0.39, 0.29) is 29.4 Å².